The van der Waals surface area contributed by atoms with Crippen LogP contribution in [0.5, 0.6) is 0 Å². The Kier molecular flexibility index (Phi) is 3.86. The molecule has 19 heavy (non-hydrogen) atoms. The third-order valence-corrected chi connectivity index (χ3v) is 5.14. The van der Waals surface area contributed by atoms with E-state index < -0.39 is 0 Å². The molecule has 1 fully saturated rings. The minimum Gasteiger partial charge on any atom is -0.330 e. The zero-order chi connectivity index (χ0) is 13.4. The number of fused-ring (bicyclic) bond motifs is 1. The summed E-state index contributed by atoms with van der Waals surface area (Å²) < 4.78 is 2.43. The van der Waals surface area contributed by atoms with Crippen LogP contribution in [0.25, 0.3) is 0 Å². The monoisotopic (exact) mass is 281 g/mol. The lowest BCUT2D eigenvalue weighted by atomic mass is 9.94. The Morgan fingerprint density at radius 2 is 1.95 bits per heavy atom. The van der Waals surface area contributed by atoms with Gasteiger partial charge < -0.3 is 9.47 Å². The third kappa shape index (κ3) is 2.55. The van der Waals surface area contributed by atoms with Crippen molar-refractivity contribution < 1.29 is 0 Å². The molecule has 0 bridgehead atoms. The molecule has 0 N–H and O–H groups in total. The highest BCUT2D eigenvalue weighted by molar-refractivity contribution is 6.30. The van der Waals surface area contributed by atoms with Crippen LogP contribution in [-0.4, -0.2) is 34.1 Å². The summed E-state index contributed by atoms with van der Waals surface area (Å²) in [4.78, 5) is 7.24. The van der Waals surface area contributed by atoms with E-state index in [4.69, 9.17) is 16.6 Å². The van der Waals surface area contributed by atoms with Gasteiger partial charge in [-0.2, -0.15) is 0 Å². The molecule has 0 radical (unpaired) electrons. The SMILES string of the molecule is CCN1CCC(c2nc(Cl)c3n2CCC(C)C3)CC1. The number of likely N-dealkylation sites (tertiary alicyclic amines) is 1. The van der Waals surface area contributed by atoms with E-state index in [2.05, 4.69) is 23.3 Å². The molecular formula is C15H24ClN3. The van der Waals surface area contributed by atoms with Crippen LogP contribution in [0.2, 0.25) is 5.15 Å². The van der Waals surface area contributed by atoms with E-state index in [1.54, 1.807) is 0 Å². The van der Waals surface area contributed by atoms with Crippen molar-refractivity contribution in [3.63, 3.8) is 0 Å². The maximum Gasteiger partial charge on any atom is 0.150 e. The van der Waals surface area contributed by atoms with E-state index in [1.807, 2.05) is 0 Å². The van der Waals surface area contributed by atoms with Gasteiger partial charge in [0.2, 0.25) is 0 Å². The van der Waals surface area contributed by atoms with Crippen LogP contribution in [0.3, 0.4) is 0 Å². The van der Waals surface area contributed by atoms with Crippen molar-refractivity contribution in [3.8, 4) is 0 Å². The van der Waals surface area contributed by atoms with E-state index >= 15 is 0 Å². The number of imidazole rings is 1. The van der Waals surface area contributed by atoms with Gasteiger partial charge in [-0.1, -0.05) is 25.4 Å². The summed E-state index contributed by atoms with van der Waals surface area (Å²) in [6.45, 7) is 9.25. The molecule has 1 unspecified atom stereocenters. The lowest BCUT2D eigenvalue weighted by Crippen LogP contribution is -2.33. The largest absolute Gasteiger partial charge is 0.330 e. The molecule has 3 heterocycles. The molecule has 2 aliphatic heterocycles. The summed E-state index contributed by atoms with van der Waals surface area (Å²) in [5, 5.41) is 0.763. The molecule has 106 valence electrons. The molecule has 1 aromatic heterocycles. The fraction of sp³-hybridized carbons (Fsp3) is 0.800. The van der Waals surface area contributed by atoms with Gasteiger partial charge in [-0.25, -0.2) is 4.98 Å². The molecule has 3 rings (SSSR count). The number of hydrogen-bond donors (Lipinski definition) is 0. The van der Waals surface area contributed by atoms with Crippen LogP contribution in [0.1, 0.15) is 50.5 Å². The van der Waals surface area contributed by atoms with Crippen LogP contribution in [0.15, 0.2) is 0 Å². The Labute approximate surface area is 121 Å². The molecule has 3 nitrogen and oxygen atoms in total. The smallest absolute Gasteiger partial charge is 0.150 e. The van der Waals surface area contributed by atoms with Gasteiger partial charge in [-0.15, -0.1) is 0 Å². The van der Waals surface area contributed by atoms with E-state index in [-0.39, 0.29) is 0 Å². The zero-order valence-corrected chi connectivity index (χ0v) is 12.8. The van der Waals surface area contributed by atoms with Crippen LogP contribution in [-0.2, 0) is 13.0 Å². The quantitative estimate of drug-likeness (QED) is 0.829. The van der Waals surface area contributed by atoms with Gasteiger partial charge in [0.1, 0.15) is 5.82 Å². The van der Waals surface area contributed by atoms with Gasteiger partial charge in [0.25, 0.3) is 0 Å². The molecular weight excluding hydrogens is 258 g/mol. The van der Waals surface area contributed by atoms with Crippen molar-refractivity contribution in [3.05, 3.63) is 16.7 Å². The number of aromatic nitrogens is 2. The van der Waals surface area contributed by atoms with E-state index in [9.17, 15) is 0 Å². The van der Waals surface area contributed by atoms with Crippen LogP contribution < -0.4 is 0 Å². The van der Waals surface area contributed by atoms with Gasteiger partial charge in [0.05, 0.1) is 5.69 Å². The first-order valence-electron chi connectivity index (χ1n) is 7.66. The van der Waals surface area contributed by atoms with Crippen molar-refractivity contribution in [2.75, 3.05) is 19.6 Å². The summed E-state index contributed by atoms with van der Waals surface area (Å²) in [6, 6.07) is 0. The van der Waals surface area contributed by atoms with Crippen LogP contribution >= 0.6 is 11.6 Å². The highest BCUT2D eigenvalue weighted by Gasteiger charge is 2.28. The number of nitrogens with zero attached hydrogens (tertiary/aromatic N) is 3. The summed E-state index contributed by atoms with van der Waals surface area (Å²) >= 11 is 6.36. The van der Waals surface area contributed by atoms with E-state index in [1.165, 1.54) is 50.4 Å². The second-order valence-corrected chi connectivity index (χ2v) is 6.52. The molecule has 1 aromatic rings. The standard InChI is InChI=1S/C15H24ClN3/c1-3-18-7-5-12(6-8-18)15-17-14(16)13-10-11(2)4-9-19(13)15/h11-12H,3-10H2,1-2H3. The van der Waals surface area contributed by atoms with Crippen molar-refractivity contribution in [1.29, 1.82) is 0 Å². The van der Waals surface area contributed by atoms with Gasteiger partial charge in [0, 0.05) is 12.5 Å². The fourth-order valence-electron chi connectivity index (χ4n) is 3.52. The molecule has 0 aromatic carbocycles. The summed E-state index contributed by atoms with van der Waals surface area (Å²) in [5.41, 5.74) is 1.29. The summed E-state index contributed by atoms with van der Waals surface area (Å²) in [5.74, 6) is 2.63. The average Bonchev–Trinajstić information content (AvgIpc) is 2.76. The van der Waals surface area contributed by atoms with Crippen molar-refractivity contribution >= 4 is 11.6 Å². The fourth-order valence-corrected chi connectivity index (χ4v) is 3.79. The van der Waals surface area contributed by atoms with Crippen molar-refractivity contribution in [2.24, 2.45) is 5.92 Å². The molecule has 1 saturated heterocycles. The normalized spacial score (nSPS) is 25.5. The highest BCUT2D eigenvalue weighted by atomic mass is 35.5. The molecule has 0 amide bonds. The van der Waals surface area contributed by atoms with Gasteiger partial charge in [0.15, 0.2) is 5.15 Å². The van der Waals surface area contributed by atoms with Gasteiger partial charge in [-0.3, -0.25) is 0 Å². The molecule has 0 saturated carbocycles. The molecule has 0 spiro atoms. The Balaban J connectivity index is 1.81. The Morgan fingerprint density at radius 3 is 2.63 bits per heavy atom. The van der Waals surface area contributed by atoms with Crippen molar-refractivity contribution in [2.45, 2.75) is 52.0 Å². The van der Waals surface area contributed by atoms with Crippen LogP contribution in [0, 0.1) is 5.92 Å². The minimum atomic E-state index is 0.613. The number of hydrogen-bond acceptors (Lipinski definition) is 2. The highest BCUT2D eigenvalue weighted by Crippen LogP contribution is 2.34. The predicted molar refractivity (Wildman–Crippen MR) is 78.8 cm³/mol. The summed E-state index contributed by atoms with van der Waals surface area (Å²) in [6.07, 6.45) is 4.83. The maximum atomic E-state index is 6.36. The van der Waals surface area contributed by atoms with Gasteiger partial charge in [-0.05, 0) is 51.2 Å². The Bertz CT molecular complexity index is 446. The third-order valence-electron chi connectivity index (χ3n) is 4.84. The maximum absolute atomic E-state index is 6.36. The number of halogens is 1. The molecule has 2 aliphatic rings. The Morgan fingerprint density at radius 1 is 1.21 bits per heavy atom. The van der Waals surface area contributed by atoms with E-state index in [0.717, 1.165) is 24.0 Å². The van der Waals surface area contributed by atoms with E-state index in [0.29, 0.717) is 5.92 Å². The molecule has 4 heteroatoms. The van der Waals surface area contributed by atoms with Crippen LogP contribution in [0.4, 0.5) is 0 Å². The number of rotatable bonds is 2. The predicted octanol–water partition coefficient (Wildman–Crippen LogP) is 3.32. The topological polar surface area (TPSA) is 21.1 Å². The number of piperidine rings is 1. The zero-order valence-electron chi connectivity index (χ0n) is 12.0. The molecule has 1 atom stereocenters. The Hall–Kier alpha value is -0.540. The second kappa shape index (κ2) is 5.45. The lowest BCUT2D eigenvalue weighted by Gasteiger charge is -2.32. The minimum absolute atomic E-state index is 0.613. The molecule has 0 aliphatic carbocycles. The lowest BCUT2D eigenvalue weighted by molar-refractivity contribution is 0.216. The summed E-state index contributed by atoms with van der Waals surface area (Å²) in [7, 11) is 0. The first-order valence-corrected chi connectivity index (χ1v) is 8.04. The van der Waals surface area contributed by atoms with Gasteiger partial charge >= 0.3 is 0 Å². The first kappa shape index (κ1) is 13.4. The first-order chi connectivity index (χ1) is 9.19. The second-order valence-electron chi connectivity index (χ2n) is 6.17. The van der Waals surface area contributed by atoms with Crippen molar-refractivity contribution in [1.82, 2.24) is 14.5 Å². The average molecular weight is 282 g/mol.